The summed E-state index contributed by atoms with van der Waals surface area (Å²) >= 11 is 0. The molecule has 180 valence electrons. The first-order valence-electron chi connectivity index (χ1n) is 12.2. The molecule has 9 heteroatoms. The zero-order chi connectivity index (χ0) is 23.7. The highest BCUT2D eigenvalue weighted by atomic mass is 16.5. The molecule has 1 amide bonds. The number of aromatic nitrogens is 2. The summed E-state index contributed by atoms with van der Waals surface area (Å²) in [7, 11) is 0. The molecule has 9 nitrogen and oxygen atoms in total. The van der Waals surface area contributed by atoms with E-state index in [1.165, 1.54) is 18.4 Å². The molecule has 2 aromatic rings. The van der Waals surface area contributed by atoms with Crippen LogP contribution in [0.3, 0.4) is 0 Å². The molecule has 34 heavy (non-hydrogen) atoms. The molecule has 0 spiro atoms. The number of carbonyl (C=O) groups excluding carboxylic acids is 1. The Morgan fingerprint density at radius 2 is 1.79 bits per heavy atom. The van der Waals surface area contributed by atoms with Crippen LogP contribution in [0.4, 0.5) is 17.5 Å². The van der Waals surface area contributed by atoms with Crippen molar-refractivity contribution in [2.24, 2.45) is 11.8 Å². The minimum absolute atomic E-state index is 0.120. The molecule has 3 aliphatic rings. The Balaban J connectivity index is 1.28. The van der Waals surface area contributed by atoms with E-state index in [1.807, 2.05) is 12.1 Å². The van der Waals surface area contributed by atoms with E-state index in [0.29, 0.717) is 30.9 Å². The topological polar surface area (TPSA) is 131 Å². The summed E-state index contributed by atoms with van der Waals surface area (Å²) in [5.74, 6) is 1.13. The highest BCUT2D eigenvalue weighted by Crippen LogP contribution is 2.38. The first kappa shape index (κ1) is 22.4. The molecule has 2 heterocycles. The van der Waals surface area contributed by atoms with Gasteiger partial charge in [0.05, 0.1) is 6.54 Å². The lowest BCUT2D eigenvalue weighted by atomic mass is 9.77. The standard InChI is InChI=1S/C25H31N5O4/c26-22-21-23(29-25(28-22)27-14-16-1-2-16)34-12-11-30(24(21)33)19-9-7-18(8-10-19)17-5-3-15(4-6-17)13-20(31)32/h7-10,15-17H,1-6,11-14H2,(H,31,32)(H3,26,27,28,29). The number of nitrogens with two attached hydrogens (primary N) is 1. The lowest BCUT2D eigenvalue weighted by Crippen LogP contribution is -2.32. The summed E-state index contributed by atoms with van der Waals surface area (Å²) in [6.07, 6.45) is 6.54. The minimum Gasteiger partial charge on any atom is -0.481 e. The first-order chi connectivity index (χ1) is 16.5. The molecule has 4 N–H and O–H groups in total. The van der Waals surface area contributed by atoms with Gasteiger partial charge in [-0.25, -0.2) is 0 Å². The number of rotatable bonds is 7. The third-order valence-electron chi connectivity index (χ3n) is 7.15. The third-order valence-corrected chi connectivity index (χ3v) is 7.15. The molecular weight excluding hydrogens is 434 g/mol. The summed E-state index contributed by atoms with van der Waals surface area (Å²) in [4.78, 5) is 34.7. The molecule has 5 rings (SSSR count). The van der Waals surface area contributed by atoms with Crippen LogP contribution < -0.4 is 20.7 Å². The van der Waals surface area contributed by atoms with Gasteiger partial charge in [0.25, 0.3) is 5.91 Å². The zero-order valence-corrected chi connectivity index (χ0v) is 19.2. The number of benzene rings is 1. The number of carboxylic acid groups (broad SMARTS) is 1. The van der Waals surface area contributed by atoms with Crippen molar-refractivity contribution >= 4 is 29.3 Å². The van der Waals surface area contributed by atoms with Gasteiger partial charge in [-0.1, -0.05) is 12.1 Å². The van der Waals surface area contributed by atoms with E-state index in [1.54, 1.807) is 4.90 Å². The Kier molecular flexibility index (Phi) is 6.26. The first-order valence-corrected chi connectivity index (χ1v) is 12.2. The van der Waals surface area contributed by atoms with Gasteiger partial charge >= 0.3 is 5.97 Å². The Morgan fingerprint density at radius 3 is 2.47 bits per heavy atom. The van der Waals surface area contributed by atoms with E-state index < -0.39 is 5.97 Å². The van der Waals surface area contributed by atoms with E-state index in [-0.39, 0.29) is 35.5 Å². The molecule has 0 bridgehead atoms. The summed E-state index contributed by atoms with van der Waals surface area (Å²) in [5.41, 5.74) is 8.38. The van der Waals surface area contributed by atoms with Gasteiger partial charge in [-0.05, 0) is 74.0 Å². The molecule has 2 saturated carbocycles. The number of hydrogen-bond donors (Lipinski definition) is 3. The predicted molar refractivity (Wildman–Crippen MR) is 128 cm³/mol. The maximum atomic E-state index is 13.4. The molecule has 0 saturated heterocycles. The van der Waals surface area contributed by atoms with E-state index in [9.17, 15) is 9.59 Å². The lowest BCUT2D eigenvalue weighted by molar-refractivity contribution is -0.138. The number of fused-ring (bicyclic) bond motifs is 1. The Hall–Kier alpha value is -3.36. The van der Waals surface area contributed by atoms with Crippen LogP contribution in [0.1, 0.15) is 66.8 Å². The van der Waals surface area contributed by atoms with Crippen molar-refractivity contribution in [3.63, 3.8) is 0 Å². The molecule has 0 radical (unpaired) electrons. The highest BCUT2D eigenvalue weighted by Gasteiger charge is 2.31. The van der Waals surface area contributed by atoms with Crippen LogP contribution in [-0.4, -0.2) is 46.6 Å². The minimum atomic E-state index is -0.711. The highest BCUT2D eigenvalue weighted by molar-refractivity contribution is 6.10. The molecule has 0 unspecified atom stereocenters. The number of carboxylic acids is 1. The van der Waals surface area contributed by atoms with E-state index in [2.05, 4.69) is 27.4 Å². The fraction of sp³-hybridized carbons (Fsp3) is 0.520. The Morgan fingerprint density at radius 1 is 1.09 bits per heavy atom. The number of nitrogen functional groups attached to an aromatic ring is 1. The van der Waals surface area contributed by atoms with Crippen molar-refractivity contribution < 1.29 is 19.4 Å². The zero-order valence-electron chi connectivity index (χ0n) is 19.2. The molecule has 2 fully saturated rings. The maximum absolute atomic E-state index is 13.4. The van der Waals surface area contributed by atoms with Crippen LogP contribution in [-0.2, 0) is 4.79 Å². The van der Waals surface area contributed by atoms with Gasteiger partial charge < -0.3 is 25.8 Å². The molecule has 1 aromatic carbocycles. The quantitative estimate of drug-likeness (QED) is 0.565. The second-order valence-corrected chi connectivity index (χ2v) is 9.65. The molecule has 1 aliphatic heterocycles. The fourth-order valence-corrected chi connectivity index (χ4v) is 4.99. The monoisotopic (exact) mass is 465 g/mol. The van der Waals surface area contributed by atoms with Gasteiger partial charge in [0.1, 0.15) is 18.0 Å². The van der Waals surface area contributed by atoms with Gasteiger partial charge in [0, 0.05) is 18.7 Å². The molecule has 0 atom stereocenters. The number of anilines is 3. The van der Waals surface area contributed by atoms with Crippen LogP contribution in [0.15, 0.2) is 24.3 Å². The lowest BCUT2D eigenvalue weighted by Gasteiger charge is -2.28. The number of aliphatic carboxylic acids is 1. The van der Waals surface area contributed by atoms with Crippen LogP contribution in [0.5, 0.6) is 5.88 Å². The number of ether oxygens (including phenoxy) is 1. The predicted octanol–water partition coefficient (Wildman–Crippen LogP) is 3.67. The SMILES string of the molecule is Nc1nc(NCC2CC2)nc2c1C(=O)N(c1ccc(C3CCC(CC(=O)O)CC3)cc1)CCO2. The van der Waals surface area contributed by atoms with E-state index >= 15 is 0 Å². The van der Waals surface area contributed by atoms with E-state index in [4.69, 9.17) is 15.6 Å². The van der Waals surface area contributed by atoms with Crippen molar-refractivity contribution in [2.75, 3.05) is 35.6 Å². The fourth-order valence-electron chi connectivity index (χ4n) is 4.99. The second-order valence-electron chi connectivity index (χ2n) is 9.65. The number of hydrogen-bond acceptors (Lipinski definition) is 7. The third kappa shape index (κ3) is 4.93. The molecule has 1 aromatic heterocycles. The summed E-state index contributed by atoms with van der Waals surface area (Å²) in [6.45, 7) is 1.50. The largest absolute Gasteiger partial charge is 0.481 e. The van der Waals surface area contributed by atoms with Crippen molar-refractivity contribution in [1.29, 1.82) is 0 Å². The Labute approximate surface area is 198 Å². The van der Waals surface area contributed by atoms with E-state index in [0.717, 1.165) is 37.9 Å². The average molecular weight is 466 g/mol. The second kappa shape index (κ2) is 9.48. The van der Waals surface area contributed by atoms with Crippen LogP contribution in [0.2, 0.25) is 0 Å². The summed E-state index contributed by atoms with van der Waals surface area (Å²) in [6, 6.07) is 8.07. The summed E-state index contributed by atoms with van der Waals surface area (Å²) in [5, 5.41) is 12.2. The van der Waals surface area contributed by atoms with Crippen molar-refractivity contribution in [3.8, 4) is 5.88 Å². The number of amides is 1. The van der Waals surface area contributed by atoms with Crippen molar-refractivity contribution in [2.45, 2.75) is 50.9 Å². The smallest absolute Gasteiger partial charge is 0.303 e. The average Bonchev–Trinajstić information content (AvgIpc) is 3.66. The van der Waals surface area contributed by atoms with Gasteiger partial charge in [-0.3, -0.25) is 9.59 Å². The maximum Gasteiger partial charge on any atom is 0.303 e. The van der Waals surface area contributed by atoms with Gasteiger partial charge in [-0.15, -0.1) is 0 Å². The number of carbonyl (C=O) groups is 2. The van der Waals surface area contributed by atoms with Crippen molar-refractivity contribution in [3.05, 3.63) is 35.4 Å². The molecular formula is C25H31N5O4. The van der Waals surface area contributed by atoms with Crippen LogP contribution in [0.25, 0.3) is 0 Å². The van der Waals surface area contributed by atoms with Gasteiger partial charge in [-0.2, -0.15) is 9.97 Å². The number of nitrogens with one attached hydrogen (secondary N) is 1. The molecule has 2 aliphatic carbocycles. The number of nitrogens with zero attached hydrogens (tertiary/aromatic N) is 3. The van der Waals surface area contributed by atoms with Gasteiger partial charge in [0.15, 0.2) is 0 Å². The normalized spacial score (nSPS) is 22.5. The Bertz CT molecular complexity index is 1060. The van der Waals surface area contributed by atoms with Crippen LogP contribution in [0, 0.1) is 11.8 Å². The van der Waals surface area contributed by atoms with Gasteiger partial charge in [0.2, 0.25) is 11.8 Å². The summed E-state index contributed by atoms with van der Waals surface area (Å²) < 4.78 is 5.80. The van der Waals surface area contributed by atoms with Crippen molar-refractivity contribution in [1.82, 2.24) is 9.97 Å². The van der Waals surface area contributed by atoms with Crippen LogP contribution >= 0.6 is 0 Å².